The summed E-state index contributed by atoms with van der Waals surface area (Å²) in [7, 11) is 0. The van der Waals surface area contributed by atoms with E-state index in [0.717, 1.165) is 0 Å². The maximum Gasteiger partial charge on any atom is -0.369 e. The molecule has 0 bridgehead atoms. The van der Waals surface area contributed by atoms with Gasteiger partial charge in [-0.3, -0.25) is 0 Å². The predicted molar refractivity (Wildman–Crippen MR) is 95.8 cm³/mol. The Bertz CT molecular complexity index is 32.0. The SMILES string of the molecule is [Cl-].[Cl-].[Cl-].[Cl-].[Cl-].[Cl-].[Cl-].[Cl-].[Cl-].[Cl-].[Cl-].[Cl-].[Cl-].[Cl-].[Cl-].[Cl-].[NH4+].[NH4+].[NH4+].[NH4+].[NH4+].[NH4+].[NH4+].[NH4+].[NH4+].[NH4+].[NH4+].[NH4+].[NH4+].[NH4+].[NH4+].[NH4+]. The maximum atomic E-state index is 0. The molecule has 0 unspecified atom stereocenters. The molecule has 0 aromatic heterocycles. The molecule has 0 fully saturated rings. The standard InChI is InChI=1S/16ClH.16H3N/h16*1H;16*1H3. The zero-order valence-corrected chi connectivity index (χ0v) is 34.1. The average Bonchev–Trinajstić information content (AvgIpc) is 0. The van der Waals surface area contributed by atoms with Gasteiger partial charge in [-0.25, -0.2) is 0 Å². The van der Waals surface area contributed by atoms with Crippen LogP contribution in [0.5, 0.6) is 0 Å². The maximum absolute atomic E-state index is 0. The van der Waals surface area contributed by atoms with Crippen molar-refractivity contribution in [2.24, 2.45) is 0 Å². The van der Waals surface area contributed by atoms with Gasteiger partial charge in [0.25, 0.3) is 0 Å². The fourth-order valence-electron chi connectivity index (χ4n) is 0. The van der Waals surface area contributed by atoms with Gasteiger partial charge in [0.05, 0.1) is 0 Å². The minimum absolute atomic E-state index is 0. The van der Waals surface area contributed by atoms with Gasteiger partial charge in [-0.05, 0) is 0 Å². The van der Waals surface area contributed by atoms with Crippen LogP contribution in [0, 0.1) is 0 Å². The summed E-state index contributed by atoms with van der Waals surface area (Å²) in [5.41, 5.74) is 0. The second-order valence-corrected chi connectivity index (χ2v) is 0. The molecule has 0 aliphatic heterocycles. The molecule has 0 amide bonds. The molecule has 0 radical (unpaired) electrons. The Labute approximate surface area is 294 Å². The number of hydrogen-bond donors (Lipinski definition) is 16. The Kier molecular flexibility index (Phi) is 218000. The van der Waals surface area contributed by atoms with Crippen LogP contribution in [0.3, 0.4) is 0 Å². The molecule has 0 saturated carbocycles. The third-order valence-electron chi connectivity index (χ3n) is 0. The summed E-state index contributed by atoms with van der Waals surface area (Å²) >= 11 is 0. The van der Waals surface area contributed by atoms with E-state index in [1.54, 1.807) is 0 Å². The Morgan fingerprint density at radius 3 is 0.0625 bits per heavy atom. The summed E-state index contributed by atoms with van der Waals surface area (Å²) in [6.45, 7) is 0. The van der Waals surface area contributed by atoms with Crippen molar-refractivity contribution in [3.05, 3.63) is 0 Å². The molecule has 0 aromatic rings. The van der Waals surface area contributed by atoms with Crippen molar-refractivity contribution in [1.29, 1.82) is 0 Å². The van der Waals surface area contributed by atoms with E-state index in [2.05, 4.69) is 0 Å². The zero-order chi connectivity index (χ0) is 0. The quantitative estimate of drug-likeness (QED) is 0.108. The normalized spacial score (nSPS) is 0. The molecule has 64 N–H and O–H groups in total. The van der Waals surface area contributed by atoms with Gasteiger partial charge < -0.3 is 297 Å². The fourth-order valence-corrected chi connectivity index (χ4v) is 0. The van der Waals surface area contributed by atoms with Crippen LogP contribution in [0.15, 0.2) is 0 Å². The van der Waals surface area contributed by atoms with Gasteiger partial charge in [0, 0.05) is 0 Å². The van der Waals surface area contributed by atoms with Crippen LogP contribution in [0.2, 0.25) is 0 Å². The first-order chi connectivity index (χ1) is 0. The Morgan fingerprint density at radius 2 is 0.0625 bits per heavy atom. The van der Waals surface area contributed by atoms with Crippen LogP contribution in [0.1, 0.15) is 0 Å². The highest BCUT2D eigenvalue weighted by atomic mass is 35.5. The molecule has 256 valence electrons. The third kappa shape index (κ3) is 2310. The molecule has 0 spiro atoms. The highest BCUT2D eigenvalue weighted by Gasteiger charge is -0.353. The van der Waals surface area contributed by atoms with Crippen LogP contribution in [-0.2, 0) is 0 Å². The smallest absolute Gasteiger partial charge is 0.369 e. The predicted octanol–water partition coefficient (Wildman–Crippen LogP) is -41.9. The van der Waals surface area contributed by atoms with Gasteiger partial charge in [0.15, 0.2) is 0 Å². The van der Waals surface area contributed by atoms with Gasteiger partial charge in [-0.15, -0.1) is 0 Å². The lowest BCUT2D eigenvalue weighted by Crippen LogP contribution is -3.00. The van der Waals surface area contributed by atoms with Crippen LogP contribution in [0.4, 0.5) is 0 Å². The molecule has 0 atom stereocenters. The minimum atomic E-state index is 0. The van der Waals surface area contributed by atoms with Crippen molar-refractivity contribution in [1.82, 2.24) is 98.4 Å². The topological polar surface area (TPSA) is 584 Å². The van der Waals surface area contributed by atoms with E-state index in [-0.39, 0.29) is 297 Å². The van der Waals surface area contributed by atoms with E-state index in [4.69, 9.17) is 0 Å². The van der Waals surface area contributed by atoms with Crippen LogP contribution in [0.25, 0.3) is 0 Å². The molecule has 0 aliphatic carbocycles. The van der Waals surface area contributed by atoms with E-state index >= 15 is 0 Å². The van der Waals surface area contributed by atoms with E-state index < -0.39 is 0 Å². The van der Waals surface area contributed by atoms with Gasteiger partial charge in [-0.2, -0.15) is 0 Å². The van der Waals surface area contributed by atoms with Gasteiger partial charge in [-0.1, -0.05) is 0 Å². The minimum Gasteiger partial charge on any atom is -1.00 e. The molecular formula is H64Cl16N16. The Balaban J connectivity index is 0. The summed E-state index contributed by atoms with van der Waals surface area (Å²) in [6.07, 6.45) is 0. The Morgan fingerprint density at radius 1 is 0.0625 bits per heavy atom. The largest absolute Gasteiger partial charge is 1.00 e. The number of hydrogen-bond acceptors (Lipinski definition) is 0. The molecule has 32 heteroatoms. The first-order valence-electron chi connectivity index (χ1n) is 0. The van der Waals surface area contributed by atoms with Crippen molar-refractivity contribution in [2.45, 2.75) is 0 Å². The first-order valence-corrected chi connectivity index (χ1v) is 0. The lowest BCUT2D eigenvalue weighted by molar-refractivity contribution is -0.00100. The number of rotatable bonds is 0. The summed E-state index contributed by atoms with van der Waals surface area (Å²) in [5, 5.41) is 0. The summed E-state index contributed by atoms with van der Waals surface area (Å²) in [5.74, 6) is 0. The molecule has 0 aromatic carbocycles. The lowest BCUT2D eigenvalue weighted by Gasteiger charge is -1.00. The molecule has 32 heavy (non-hydrogen) atoms. The molecule has 0 heterocycles. The second kappa shape index (κ2) is 2530. The van der Waals surface area contributed by atoms with E-state index in [1.165, 1.54) is 0 Å². The summed E-state index contributed by atoms with van der Waals surface area (Å²) in [4.78, 5) is 0. The van der Waals surface area contributed by atoms with Crippen molar-refractivity contribution >= 4 is 0 Å². The van der Waals surface area contributed by atoms with Gasteiger partial charge in [0.1, 0.15) is 0 Å². The average molecular weight is 856 g/mol. The number of halogens is 16. The Hall–Kier alpha value is 4.00. The van der Waals surface area contributed by atoms with Crippen LogP contribution < -0.4 is 297 Å². The van der Waals surface area contributed by atoms with Crippen molar-refractivity contribution in [3.8, 4) is 0 Å². The third-order valence-corrected chi connectivity index (χ3v) is 0. The van der Waals surface area contributed by atoms with Crippen molar-refractivity contribution in [3.63, 3.8) is 0 Å². The molecule has 0 aliphatic rings. The van der Waals surface area contributed by atoms with Gasteiger partial charge >= 0.3 is 0 Å². The first kappa shape index (κ1) is 2760. The zero-order valence-electron chi connectivity index (χ0n) is 22.0. The summed E-state index contributed by atoms with van der Waals surface area (Å²) < 4.78 is 0. The van der Waals surface area contributed by atoms with Crippen LogP contribution in [-0.4, -0.2) is 0 Å². The highest BCUT2D eigenvalue weighted by molar-refractivity contribution is 2.15. The van der Waals surface area contributed by atoms with E-state index in [9.17, 15) is 0 Å². The van der Waals surface area contributed by atoms with Crippen LogP contribution >= 0.6 is 0 Å². The second-order valence-electron chi connectivity index (χ2n) is 0. The monoisotopic (exact) mass is 848 g/mol. The molecular weight excluding hydrogens is 791 g/mol. The van der Waals surface area contributed by atoms with Gasteiger partial charge in [0.2, 0.25) is 0 Å². The van der Waals surface area contributed by atoms with E-state index in [1.807, 2.05) is 0 Å². The van der Waals surface area contributed by atoms with Crippen molar-refractivity contribution in [2.75, 3.05) is 0 Å². The summed E-state index contributed by atoms with van der Waals surface area (Å²) in [6, 6.07) is 0. The number of quaternary nitrogens is 16. The molecule has 16 nitrogen and oxygen atoms in total. The molecule has 0 saturated heterocycles. The molecule has 0 rings (SSSR count). The van der Waals surface area contributed by atoms with Crippen molar-refractivity contribution < 1.29 is 199 Å². The fraction of sp³-hybridized carbons (Fsp3) is 0. The lowest BCUT2D eigenvalue weighted by atomic mass is 14.0. The van der Waals surface area contributed by atoms with E-state index in [0.29, 0.717) is 0 Å². The highest BCUT2D eigenvalue weighted by Crippen LogP contribution is -0.465.